The van der Waals surface area contributed by atoms with Crippen LogP contribution in [0.25, 0.3) is 24.3 Å². The Morgan fingerprint density at radius 3 is 1.04 bits per heavy atom. The Hall–Kier alpha value is -9.14. The van der Waals surface area contributed by atoms with Gasteiger partial charge in [-0.2, -0.15) is 20.0 Å². The van der Waals surface area contributed by atoms with Gasteiger partial charge >= 0.3 is 24.4 Å². The minimum atomic E-state index is -0.595. The van der Waals surface area contributed by atoms with Crippen LogP contribution in [0, 0.1) is 23.3 Å². The predicted octanol–water partition coefficient (Wildman–Crippen LogP) is 14.4. The lowest BCUT2D eigenvalue weighted by Gasteiger charge is -2.34. The Kier molecular flexibility index (Phi) is 48.2. The fourth-order valence-electron chi connectivity index (χ4n) is 13.4. The van der Waals surface area contributed by atoms with Gasteiger partial charge in [-0.1, -0.05) is 36.1 Å². The molecular formula is C89H128Cl2F4N20O12S4. The minimum Gasteiger partial charge on any atom is -0.410 e. The van der Waals surface area contributed by atoms with E-state index in [1.165, 1.54) is 119 Å². The van der Waals surface area contributed by atoms with Gasteiger partial charge in [0.1, 0.15) is 46.3 Å². The normalized spacial score (nSPS) is 18.1. The van der Waals surface area contributed by atoms with Gasteiger partial charge < -0.3 is 58.1 Å². The molecule has 32 nitrogen and oxygen atoms in total. The zero-order chi connectivity index (χ0) is 90.5. The van der Waals surface area contributed by atoms with Crippen LogP contribution in [-0.4, -0.2) is 314 Å². The summed E-state index contributed by atoms with van der Waals surface area (Å²) in [4.78, 5) is 133. The number of hydrogen-bond acceptors (Lipinski definition) is 28. The summed E-state index contributed by atoms with van der Waals surface area (Å²) in [6.07, 6.45) is 14.3. The number of carbonyl (C=O) groups is 8. The minimum absolute atomic E-state index is 0. The Bertz CT molecular complexity index is 4790. The molecule has 0 aliphatic carbocycles. The Balaban J connectivity index is 0.000000305. The average Bonchev–Trinajstić information content (AvgIpc) is 1.71. The van der Waals surface area contributed by atoms with Gasteiger partial charge in [0.2, 0.25) is 0 Å². The number of likely N-dealkylation sites (N-methyl/N-ethyl adjacent to an activating group) is 6. The molecule has 42 heteroatoms. The van der Waals surface area contributed by atoms with Gasteiger partial charge in [0, 0.05) is 171 Å². The van der Waals surface area contributed by atoms with Crippen molar-refractivity contribution in [3.63, 3.8) is 0 Å². The number of aliphatic imine (C=N–C) groups is 4. The Morgan fingerprint density at radius 2 is 0.718 bits per heavy atom. The van der Waals surface area contributed by atoms with Gasteiger partial charge in [-0.3, -0.25) is 39.2 Å². The van der Waals surface area contributed by atoms with E-state index in [-0.39, 0.29) is 93.7 Å². The van der Waals surface area contributed by atoms with Crippen LogP contribution in [0.2, 0.25) is 0 Å². The molecule has 0 unspecified atom stereocenters. The summed E-state index contributed by atoms with van der Waals surface area (Å²) in [5.41, 5.74) is 14.6. The molecule has 8 amide bonds. The fourth-order valence-corrected chi connectivity index (χ4v) is 17.1. The highest BCUT2D eigenvalue weighted by molar-refractivity contribution is 8.19. The van der Waals surface area contributed by atoms with Crippen molar-refractivity contribution >= 4 is 165 Å². The molecule has 131 heavy (non-hydrogen) atoms. The third kappa shape index (κ3) is 34.1. The number of amidine groups is 4. The number of piperidine rings is 1. The predicted molar refractivity (Wildman–Crippen MR) is 522 cm³/mol. The smallest absolute Gasteiger partial charge is 0.410 e. The van der Waals surface area contributed by atoms with Crippen molar-refractivity contribution in [3.8, 4) is 23.0 Å². The van der Waals surface area contributed by atoms with Crippen LogP contribution < -0.4 is 40.7 Å². The van der Waals surface area contributed by atoms with Gasteiger partial charge in [-0.05, 0) is 259 Å². The number of thioether (sulfide) groups is 4. The monoisotopic (exact) mass is 1940 g/mol. The lowest BCUT2D eigenvalue weighted by atomic mass is 10.0. The van der Waals surface area contributed by atoms with Crippen LogP contribution in [0.15, 0.2) is 112 Å². The van der Waals surface area contributed by atoms with Crippen molar-refractivity contribution in [2.24, 2.45) is 20.0 Å². The number of nitrogens with zero attached hydrogens (tertiary/aromatic N) is 16. The Morgan fingerprint density at radius 1 is 0.397 bits per heavy atom. The number of hydrogen-bond donors (Lipinski definition) is 4. The molecule has 0 atom stereocenters. The van der Waals surface area contributed by atoms with Gasteiger partial charge in [-0.15, -0.1) is 24.8 Å². The van der Waals surface area contributed by atoms with Crippen molar-refractivity contribution in [1.29, 1.82) is 0 Å². The van der Waals surface area contributed by atoms with Gasteiger partial charge in [0.15, 0.2) is 20.7 Å². The Labute approximate surface area is 797 Å². The van der Waals surface area contributed by atoms with Crippen molar-refractivity contribution in [2.45, 2.75) is 120 Å². The maximum Gasteiger partial charge on any atom is 0.415 e. The zero-order valence-electron chi connectivity index (χ0n) is 74.0. The van der Waals surface area contributed by atoms with Crippen LogP contribution >= 0.6 is 71.9 Å². The number of hydrazine groups is 4. The number of ether oxygens (including phenoxy) is 4. The molecule has 5 saturated heterocycles. The van der Waals surface area contributed by atoms with E-state index < -0.39 is 47.6 Å². The number of rotatable bonds is 22. The molecular weight excluding hydrogens is 1820 g/mol. The molecule has 13 rings (SSSR count). The second-order valence-corrected chi connectivity index (χ2v) is 34.9. The SMILES string of the molecule is C.C.C.CCN(CC)CCN(CC)C(=O)Oc1cc(F)ccc1/C=C1\SC(N2CCCCN2)=NC1=O.CCN(CCN(C)C)C(=O)Oc1cc(F)ccc1/C=C1\SC(N2CCCCN2)=NC1=O.CN(C)C1CCN(C(=O)Oc2ccc(F)cc2/C=C2\SC(N3CCCCN3)=NC2=O)CC1.CN(C)CCN(C)C(=O)Oc1cc(F)ccc1/C=C1\SC(N2CCCCN2)=NC1=O.Cl.Cl. The van der Waals surface area contributed by atoms with Crippen molar-refractivity contribution < 1.29 is 74.9 Å². The molecule has 0 radical (unpaired) electrons. The molecule has 4 aromatic carbocycles. The lowest BCUT2D eigenvalue weighted by Crippen LogP contribution is -2.45. The molecule has 5 fully saturated rings. The summed E-state index contributed by atoms with van der Waals surface area (Å²) in [6, 6.07) is 16.1. The van der Waals surface area contributed by atoms with Crippen molar-refractivity contribution in [1.82, 2.24) is 80.9 Å². The maximum absolute atomic E-state index is 14.0. The zero-order valence-corrected chi connectivity index (χ0v) is 78.9. The molecule has 0 bridgehead atoms. The number of benzene rings is 4. The molecule has 9 aliphatic rings. The van der Waals surface area contributed by atoms with E-state index in [9.17, 15) is 55.9 Å². The van der Waals surface area contributed by atoms with E-state index in [1.807, 2.05) is 86.0 Å². The third-order valence-electron chi connectivity index (χ3n) is 21.0. The van der Waals surface area contributed by atoms with E-state index in [2.05, 4.69) is 65.3 Å². The van der Waals surface area contributed by atoms with E-state index in [4.69, 9.17) is 18.9 Å². The second-order valence-electron chi connectivity index (χ2n) is 30.9. The molecule has 0 aromatic heterocycles. The van der Waals surface area contributed by atoms with E-state index in [0.29, 0.717) is 127 Å². The molecule has 0 spiro atoms. The van der Waals surface area contributed by atoms with Crippen LogP contribution in [-0.2, 0) is 19.2 Å². The highest BCUT2D eigenvalue weighted by Crippen LogP contribution is 2.39. The first-order valence-corrected chi connectivity index (χ1v) is 45.7. The second kappa shape index (κ2) is 56.1. The summed E-state index contributed by atoms with van der Waals surface area (Å²) >= 11 is 4.98. The third-order valence-corrected chi connectivity index (χ3v) is 25.0. The van der Waals surface area contributed by atoms with E-state index in [0.717, 1.165) is 148 Å². The van der Waals surface area contributed by atoms with Crippen molar-refractivity contribution in [3.05, 3.63) is 138 Å². The number of likely N-dealkylation sites (tertiary alicyclic amines) is 1. The standard InChI is InChI=1S/C23H32FN5O3S.C22H28FN5O3S.C21H28FN5O3S.C20H26FN5O3S.3CH4.2ClH/c1-4-27(5-2)13-14-28(6-3)23(31)32-19-16-18(24)10-9-17(19)15-20-21(30)26-22(33-20)29-12-8-7-11-25-29;1-26(2)17-7-11-27(12-8-17)22(30)31-18-6-5-16(23)13-15(18)14-19-20(29)25-21(32-19)28-10-4-3-9-24-28;1-4-26(12-11-25(2)3)21(29)30-17-14-16(22)8-7-15(17)13-18-19(28)24-20(31-18)27-10-6-5-9-23-27;1-24(2)10-11-25(3)20(28)29-16-13-15(21)7-6-14(16)12-17-18(27)23-19(30-17)26-9-5-4-8-22-26;;;;;/h9-10,15-16,25H,4-8,11-14H2,1-3H3;5-6,13-14,17,24H,3-4,7-12H2,1-2H3;7-8,13-14,23H,4-6,9-12H2,1-3H3;6-7,12-13,22H,4-5,8-11H2,1-3H3;3*1H4;2*1H/b20-15-;19-14-;18-13-;17-12-;;;;;. The van der Waals surface area contributed by atoms with Gasteiger partial charge in [0.05, 0.1) is 19.6 Å². The fraction of sp³-hybridized carbons (Fsp3) is 0.506. The van der Waals surface area contributed by atoms with Crippen LogP contribution in [0.4, 0.5) is 36.7 Å². The van der Waals surface area contributed by atoms with E-state index in [1.54, 1.807) is 40.0 Å². The number of carbonyl (C=O) groups excluding carboxylic acids is 8. The summed E-state index contributed by atoms with van der Waals surface area (Å²) in [5.74, 6) is -3.12. The van der Waals surface area contributed by atoms with Crippen LogP contribution in [0.5, 0.6) is 23.0 Å². The number of amides is 8. The first-order valence-electron chi connectivity index (χ1n) is 42.4. The van der Waals surface area contributed by atoms with Crippen molar-refractivity contribution in [2.75, 3.05) is 180 Å². The summed E-state index contributed by atoms with van der Waals surface area (Å²) < 4.78 is 77.7. The number of nitrogens with one attached hydrogen (secondary N) is 4. The van der Waals surface area contributed by atoms with Crippen LogP contribution in [0.3, 0.4) is 0 Å². The largest absolute Gasteiger partial charge is 0.415 e. The summed E-state index contributed by atoms with van der Waals surface area (Å²) in [7, 11) is 13.3. The highest BCUT2D eigenvalue weighted by atomic mass is 35.5. The summed E-state index contributed by atoms with van der Waals surface area (Å²) in [5, 5.41) is 9.87. The molecule has 0 saturated carbocycles. The van der Waals surface area contributed by atoms with E-state index >= 15 is 0 Å². The van der Waals surface area contributed by atoms with Crippen LogP contribution in [0.1, 0.15) is 136 Å². The number of halogens is 6. The molecule has 9 heterocycles. The first kappa shape index (κ1) is 112. The average molecular weight is 1950 g/mol. The molecule has 9 aliphatic heterocycles. The quantitative estimate of drug-likeness (QED) is 0.0420. The lowest BCUT2D eigenvalue weighted by molar-refractivity contribution is -0.114. The summed E-state index contributed by atoms with van der Waals surface area (Å²) in [6.45, 7) is 21.8. The molecule has 4 aromatic rings. The maximum atomic E-state index is 14.0. The molecule has 722 valence electrons. The first-order chi connectivity index (χ1) is 60.5. The topological polar surface area (TPSA) is 310 Å². The van der Waals surface area contributed by atoms with Gasteiger partial charge in [-0.25, -0.2) is 58.4 Å². The molecule has 4 N–H and O–H groups in total. The van der Waals surface area contributed by atoms with Gasteiger partial charge in [0.25, 0.3) is 23.6 Å². The highest BCUT2D eigenvalue weighted by Gasteiger charge is 2.34.